The molecular weight excluding hydrogens is 266 g/mol. The molecule has 1 unspecified atom stereocenters. The summed E-state index contributed by atoms with van der Waals surface area (Å²) in [5.74, 6) is 0. The molecule has 1 aromatic heterocycles. The molecule has 1 atom stereocenters. The van der Waals surface area contributed by atoms with Crippen LogP contribution in [0.4, 0.5) is 0 Å². The fourth-order valence-corrected chi connectivity index (χ4v) is 4.11. The molecule has 20 heavy (non-hydrogen) atoms. The van der Waals surface area contributed by atoms with E-state index in [0.717, 1.165) is 13.0 Å². The summed E-state index contributed by atoms with van der Waals surface area (Å²) < 4.78 is 6.11. The lowest BCUT2D eigenvalue weighted by molar-refractivity contribution is -0.0525. The van der Waals surface area contributed by atoms with E-state index in [9.17, 15) is 0 Å². The molecule has 114 valence electrons. The summed E-state index contributed by atoms with van der Waals surface area (Å²) in [5.41, 5.74) is 1.48. The molecule has 0 spiro atoms. The number of rotatable bonds is 7. The molecule has 1 heterocycles. The Bertz CT molecular complexity index is 355. The maximum absolute atomic E-state index is 6.11. The van der Waals surface area contributed by atoms with Crippen molar-refractivity contribution < 1.29 is 4.74 Å². The first-order valence-corrected chi connectivity index (χ1v) is 9.04. The smallest absolute Gasteiger partial charge is 0.0834 e. The second kappa shape index (κ2) is 8.16. The van der Waals surface area contributed by atoms with Crippen LogP contribution in [0.5, 0.6) is 0 Å². The minimum Gasteiger partial charge on any atom is -0.377 e. The molecule has 0 radical (unpaired) electrons. The number of nitrogens with one attached hydrogen (secondary N) is 1. The van der Waals surface area contributed by atoms with Gasteiger partial charge >= 0.3 is 0 Å². The second-order valence-corrected chi connectivity index (χ2v) is 6.81. The van der Waals surface area contributed by atoms with E-state index in [1.54, 1.807) is 11.3 Å². The third-order valence-electron chi connectivity index (χ3n) is 4.65. The zero-order valence-corrected chi connectivity index (χ0v) is 13.8. The molecule has 1 aliphatic rings. The van der Waals surface area contributed by atoms with E-state index in [2.05, 4.69) is 29.1 Å². The lowest BCUT2D eigenvalue weighted by Crippen LogP contribution is -2.53. The summed E-state index contributed by atoms with van der Waals surface area (Å²) in [4.78, 5) is 0. The SMILES string of the molecule is CCCNC(Cc1ccsc1)C1(OC)CCCCCC1. The average Bonchev–Trinajstić information content (AvgIpc) is 2.86. The molecule has 3 heteroatoms. The van der Waals surface area contributed by atoms with Gasteiger partial charge < -0.3 is 10.1 Å². The molecule has 1 saturated carbocycles. The van der Waals surface area contributed by atoms with Gasteiger partial charge in [0.1, 0.15) is 0 Å². The quantitative estimate of drug-likeness (QED) is 0.753. The lowest BCUT2D eigenvalue weighted by Gasteiger charge is -2.40. The molecule has 1 fully saturated rings. The molecule has 2 nitrogen and oxygen atoms in total. The Morgan fingerprint density at radius 3 is 2.60 bits per heavy atom. The zero-order chi connectivity index (χ0) is 14.3. The summed E-state index contributed by atoms with van der Waals surface area (Å²) in [6.07, 6.45) is 10.0. The highest BCUT2D eigenvalue weighted by Crippen LogP contribution is 2.34. The standard InChI is InChI=1S/C17H29NOS/c1-3-11-18-16(13-15-8-12-20-14-15)17(19-2)9-6-4-5-7-10-17/h8,12,14,16,18H,3-7,9-11,13H2,1-2H3. The largest absolute Gasteiger partial charge is 0.377 e. The van der Waals surface area contributed by atoms with E-state index in [1.807, 2.05) is 7.11 Å². The minimum absolute atomic E-state index is 0.0353. The molecule has 0 amide bonds. The predicted molar refractivity (Wildman–Crippen MR) is 87.5 cm³/mol. The molecule has 2 rings (SSSR count). The molecule has 1 N–H and O–H groups in total. The van der Waals surface area contributed by atoms with Gasteiger partial charge in [0.05, 0.1) is 5.60 Å². The van der Waals surface area contributed by atoms with E-state index in [4.69, 9.17) is 4.74 Å². The van der Waals surface area contributed by atoms with Gasteiger partial charge in [0, 0.05) is 13.2 Å². The zero-order valence-electron chi connectivity index (χ0n) is 13.0. The van der Waals surface area contributed by atoms with E-state index >= 15 is 0 Å². The van der Waals surface area contributed by atoms with Gasteiger partial charge in [-0.1, -0.05) is 32.6 Å². The Morgan fingerprint density at radius 2 is 2.05 bits per heavy atom. The van der Waals surface area contributed by atoms with Crippen LogP contribution < -0.4 is 5.32 Å². The molecule has 0 saturated heterocycles. The topological polar surface area (TPSA) is 21.3 Å². The van der Waals surface area contributed by atoms with Crippen LogP contribution in [0.25, 0.3) is 0 Å². The number of methoxy groups -OCH3 is 1. The van der Waals surface area contributed by atoms with Gasteiger partial charge in [0.25, 0.3) is 0 Å². The molecule has 1 aromatic rings. The van der Waals surface area contributed by atoms with Gasteiger partial charge in [-0.15, -0.1) is 0 Å². The van der Waals surface area contributed by atoms with Gasteiger partial charge in [-0.25, -0.2) is 0 Å². The Kier molecular flexibility index (Phi) is 6.53. The molecule has 0 bridgehead atoms. The van der Waals surface area contributed by atoms with Crippen LogP contribution >= 0.6 is 11.3 Å². The Balaban J connectivity index is 2.12. The van der Waals surface area contributed by atoms with Gasteiger partial charge in [0.2, 0.25) is 0 Å². The molecule has 1 aliphatic carbocycles. The number of thiophene rings is 1. The summed E-state index contributed by atoms with van der Waals surface area (Å²) in [6, 6.07) is 2.70. The van der Waals surface area contributed by atoms with Crippen molar-refractivity contribution in [2.24, 2.45) is 0 Å². The maximum Gasteiger partial charge on any atom is 0.0834 e. The summed E-state index contributed by atoms with van der Waals surface area (Å²) in [5, 5.41) is 8.23. The van der Waals surface area contributed by atoms with Gasteiger partial charge in [-0.05, 0) is 54.6 Å². The van der Waals surface area contributed by atoms with E-state index < -0.39 is 0 Å². The van der Waals surface area contributed by atoms with Gasteiger partial charge in [-0.2, -0.15) is 11.3 Å². The maximum atomic E-state index is 6.11. The predicted octanol–water partition coefficient (Wildman–Crippen LogP) is 4.40. The van der Waals surface area contributed by atoms with Gasteiger partial charge in [0.15, 0.2) is 0 Å². The first-order chi connectivity index (χ1) is 9.80. The van der Waals surface area contributed by atoms with Crippen LogP contribution in [0.1, 0.15) is 57.4 Å². The number of hydrogen-bond acceptors (Lipinski definition) is 3. The highest BCUT2D eigenvalue weighted by Gasteiger charge is 2.38. The minimum atomic E-state index is 0.0353. The van der Waals surface area contributed by atoms with Crippen LogP contribution in [0.3, 0.4) is 0 Å². The Morgan fingerprint density at radius 1 is 1.30 bits per heavy atom. The van der Waals surface area contributed by atoms with Crippen molar-refractivity contribution in [1.82, 2.24) is 5.32 Å². The highest BCUT2D eigenvalue weighted by atomic mass is 32.1. The monoisotopic (exact) mass is 295 g/mol. The third kappa shape index (κ3) is 4.06. The molecule has 0 aromatic carbocycles. The van der Waals surface area contributed by atoms with Crippen molar-refractivity contribution in [3.8, 4) is 0 Å². The Labute approximate surface area is 127 Å². The Hall–Kier alpha value is -0.380. The summed E-state index contributed by atoms with van der Waals surface area (Å²) >= 11 is 1.79. The highest BCUT2D eigenvalue weighted by molar-refractivity contribution is 7.07. The summed E-state index contributed by atoms with van der Waals surface area (Å²) in [7, 11) is 1.92. The second-order valence-electron chi connectivity index (χ2n) is 6.03. The molecular formula is C17H29NOS. The van der Waals surface area contributed by atoms with Crippen LogP contribution in [0.2, 0.25) is 0 Å². The average molecular weight is 295 g/mol. The number of hydrogen-bond donors (Lipinski definition) is 1. The fraction of sp³-hybridized carbons (Fsp3) is 0.765. The van der Waals surface area contributed by atoms with Crippen molar-refractivity contribution in [3.63, 3.8) is 0 Å². The van der Waals surface area contributed by atoms with Crippen molar-refractivity contribution in [2.75, 3.05) is 13.7 Å². The van der Waals surface area contributed by atoms with E-state index in [0.29, 0.717) is 6.04 Å². The van der Waals surface area contributed by atoms with Crippen molar-refractivity contribution >= 4 is 11.3 Å². The van der Waals surface area contributed by atoms with E-state index in [-0.39, 0.29) is 5.60 Å². The van der Waals surface area contributed by atoms with Crippen LogP contribution in [0, 0.1) is 0 Å². The van der Waals surface area contributed by atoms with E-state index in [1.165, 1.54) is 50.5 Å². The first kappa shape index (κ1) is 16.0. The van der Waals surface area contributed by atoms with Crippen molar-refractivity contribution in [1.29, 1.82) is 0 Å². The summed E-state index contributed by atoms with van der Waals surface area (Å²) in [6.45, 7) is 3.32. The molecule has 0 aliphatic heterocycles. The van der Waals surface area contributed by atoms with Crippen LogP contribution in [-0.2, 0) is 11.2 Å². The van der Waals surface area contributed by atoms with Crippen molar-refractivity contribution in [3.05, 3.63) is 22.4 Å². The lowest BCUT2D eigenvalue weighted by atomic mass is 9.83. The van der Waals surface area contributed by atoms with Crippen molar-refractivity contribution in [2.45, 2.75) is 69.9 Å². The first-order valence-electron chi connectivity index (χ1n) is 8.10. The number of ether oxygens (including phenoxy) is 1. The fourth-order valence-electron chi connectivity index (χ4n) is 3.43. The normalized spacial score (nSPS) is 20.5. The van der Waals surface area contributed by atoms with Crippen LogP contribution in [0.15, 0.2) is 16.8 Å². The third-order valence-corrected chi connectivity index (χ3v) is 5.38. The van der Waals surface area contributed by atoms with Crippen LogP contribution in [-0.4, -0.2) is 25.3 Å². The van der Waals surface area contributed by atoms with Gasteiger partial charge in [-0.3, -0.25) is 0 Å².